The van der Waals surface area contributed by atoms with Gasteiger partial charge < -0.3 is 14.8 Å². The summed E-state index contributed by atoms with van der Waals surface area (Å²) in [6.07, 6.45) is 0.929. The smallest absolute Gasteiger partial charge is 0.278 e. The van der Waals surface area contributed by atoms with E-state index in [1.165, 1.54) is 17.6 Å². The number of aryl methyl sites for hydroxylation is 1. The van der Waals surface area contributed by atoms with Gasteiger partial charge in [0.1, 0.15) is 5.70 Å². The standard InChI is InChI=1S/C23H26N2O4/c1-6-15-7-10-17(11-8-15)24-21-20(22(26)25(14(2)3)23(21)27)16-9-12-18(28-4)19(13-16)29-5/h7-14,24H,6H2,1-5H3. The summed E-state index contributed by atoms with van der Waals surface area (Å²) in [6, 6.07) is 12.8. The first-order valence-electron chi connectivity index (χ1n) is 9.61. The maximum atomic E-state index is 13.1. The van der Waals surface area contributed by atoms with Crippen molar-refractivity contribution in [3.63, 3.8) is 0 Å². The van der Waals surface area contributed by atoms with Gasteiger partial charge in [-0.2, -0.15) is 0 Å². The molecule has 29 heavy (non-hydrogen) atoms. The first-order chi connectivity index (χ1) is 13.9. The molecule has 1 N–H and O–H groups in total. The normalized spacial score (nSPS) is 14.1. The van der Waals surface area contributed by atoms with Crippen LogP contribution >= 0.6 is 0 Å². The molecule has 6 heteroatoms. The van der Waals surface area contributed by atoms with Crippen LogP contribution in [0.4, 0.5) is 5.69 Å². The van der Waals surface area contributed by atoms with Gasteiger partial charge >= 0.3 is 0 Å². The van der Waals surface area contributed by atoms with E-state index in [0.29, 0.717) is 22.6 Å². The molecule has 0 atom stereocenters. The zero-order valence-corrected chi connectivity index (χ0v) is 17.4. The van der Waals surface area contributed by atoms with Crippen LogP contribution in [0, 0.1) is 0 Å². The molecule has 3 rings (SSSR count). The Morgan fingerprint density at radius 2 is 1.59 bits per heavy atom. The molecule has 2 aromatic carbocycles. The maximum absolute atomic E-state index is 13.1. The summed E-state index contributed by atoms with van der Waals surface area (Å²) >= 11 is 0. The van der Waals surface area contributed by atoms with Gasteiger partial charge in [-0.05, 0) is 55.7 Å². The van der Waals surface area contributed by atoms with Gasteiger partial charge in [-0.15, -0.1) is 0 Å². The quantitative estimate of drug-likeness (QED) is 0.722. The van der Waals surface area contributed by atoms with Gasteiger partial charge in [0.2, 0.25) is 0 Å². The van der Waals surface area contributed by atoms with E-state index in [-0.39, 0.29) is 23.6 Å². The van der Waals surface area contributed by atoms with E-state index in [0.717, 1.165) is 12.1 Å². The van der Waals surface area contributed by atoms with Gasteiger partial charge in [0.05, 0.1) is 19.8 Å². The molecule has 0 fully saturated rings. The average Bonchev–Trinajstić information content (AvgIpc) is 2.97. The van der Waals surface area contributed by atoms with Crippen molar-refractivity contribution < 1.29 is 19.1 Å². The zero-order chi connectivity index (χ0) is 21.1. The second-order valence-corrected chi connectivity index (χ2v) is 7.07. The molecule has 0 bridgehead atoms. The van der Waals surface area contributed by atoms with E-state index >= 15 is 0 Å². The third kappa shape index (κ3) is 3.83. The van der Waals surface area contributed by atoms with Crippen LogP contribution in [0.1, 0.15) is 31.9 Å². The largest absolute Gasteiger partial charge is 0.493 e. The van der Waals surface area contributed by atoms with Crippen molar-refractivity contribution in [3.05, 3.63) is 59.3 Å². The highest BCUT2D eigenvalue weighted by Gasteiger charge is 2.40. The predicted octanol–water partition coefficient (Wildman–Crippen LogP) is 3.87. The second kappa shape index (κ2) is 8.39. The monoisotopic (exact) mass is 394 g/mol. The van der Waals surface area contributed by atoms with Crippen LogP contribution in [0.25, 0.3) is 5.57 Å². The van der Waals surface area contributed by atoms with Crippen LogP contribution in [-0.4, -0.2) is 37.0 Å². The third-order valence-corrected chi connectivity index (χ3v) is 4.94. The molecule has 0 saturated heterocycles. The van der Waals surface area contributed by atoms with Gasteiger partial charge in [-0.1, -0.05) is 25.1 Å². The average molecular weight is 394 g/mol. The van der Waals surface area contributed by atoms with Crippen molar-refractivity contribution in [1.82, 2.24) is 4.90 Å². The fourth-order valence-electron chi connectivity index (χ4n) is 3.36. The lowest BCUT2D eigenvalue weighted by atomic mass is 10.0. The van der Waals surface area contributed by atoms with E-state index in [1.807, 2.05) is 38.1 Å². The highest BCUT2D eigenvalue weighted by molar-refractivity contribution is 6.36. The van der Waals surface area contributed by atoms with E-state index < -0.39 is 0 Å². The van der Waals surface area contributed by atoms with Crippen molar-refractivity contribution in [2.75, 3.05) is 19.5 Å². The molecule has 0 radical (unpaired) electrons. The second-order valence-electron chi connectivity index (χ2n) is 7.07. The molecule has 6 nitrogen and oxygen atoms in total. The van der Waals surface area contributed by atoms with E-state index in [9.17, 15) is 9.59 Å². The van der Waals surface area contributed by atoms with Gasteiger partial charge in [0, 0.05) is 11.7 Å². The number of rotatable bonds is 7. The Morgan fingerprint density at radius 1 is 0.931 bits per heavy atom. The summed E-state index contributed by atoms with van der Waals surface area (Å²) in [5, 5.41) is 3.17. The van der Waals surface area contributed by atoms with Gasteiger partial charge in [0.15, 0.2) is 11.5 Å². The Labute approximate surface area is 171 Å². The number of anilines is 1. The molecule has 0 spiro atoms. The van der Waals surface area contributed by atoms with Crippen molar-refractivity contribution in [1.29, 1.82) is 0 Å². The Bertz CT molecular complexity index is 961. The van der Waals surface area contributed by atoms with Crippen LogP contribution in [0.3, 0.4) is 0 Å². The molecule has 152 valence electrons. The molecule has 0 aliphatic carbocycles. The molecule has 1 aliphatic rings. The number of amides is 2. The molecule has 1 heterocycles. The van der Waals surface area contributed by atoms with Crippen molar-refractivity contribution in [2.45, 2.75) is 33.2 Å². The number of nitrogens with zero attached hydrogens (tertiary/aromatic N) is 1. The predicted molar refractivity (Wildman–Crippen MR) is 113 cm³/mol. The summed E-state index contributed by atoms with van der Waals surface area (Å²) in [5.41, 5.74) is 3.13. The first kappa shape index (κ1) is 20.5. The van der Waals surface area contributed by atoms with E-state index in [4.69, 9.17) is 9.47 Å². The van der Waals surface area contributed by atoms with Crippen molar-refractivity contribution in [2.24, 2.45) is 0 Å². The van der Waals surface area contributed by atoms with E-state index in [2.05, 4.69) is 12.2 Å². The fourth-order valence-corrected chi connectivity index (χ4v) is 3.36. The summed E-state index contributed by atoms with van der Waals surface area (Å²) in [6.45, 7) is 5.72. The summed E-state index contributed by atoms with van der Waals surface area (Å²) < 4.78 is 10.7. The Hall–Kier alpha value is -3.28. The van der Waals surface area contributed by atoms with Gasteiger partial charge in [0.25, 0.3) is 11.8 Å². The van der Waals surface area contributed by atoms with Gasteiger partial charge in [-0.3, -0.25) is 14.5 Å². The lowest BCUT2D eigenvalue weighted by molar-refractivity contribution is -0.138. The lowest BCUT2D eigenvalue weighted by Crippen LogP contribution is -2.38. The minimum absolute atomic E-state index is 0.257. The minimum atomic E-state index is -0.339. The lowest BCUT2D eigenvalue weighted by Gasteiger charge is -2.19. The Morgan fingerprint density at radius 3 is 2.14 bits per heavy atom. The molecular formula is C23H26N2O4. The van der Waals surface area contributed by atoms with Crippen LogP contribution in [-0.2, 0) is 16.0 Å². The van der Waals surface area contributed by atoms with Crippen LogP contribution < -0.4 is 14.8 Å². The molecule has 1 aliphatic heterocycles. The molecule has 2 aromatic rings. The topological polar surface area (TPSA) is 67.9 Å². The Kier molecular flexibility index (Phi) is 5.92. The highest BCUT2D eigenvalue weighted by atomic mass is 16.5. The third-order valence-electron chi connectivity index (χ3n) is 4.94. The number of nitrogens with one attached hydrogen (secondary N) is 1. The van der Waals surface area contributed by atoms with Crippen LogP contribution in [0.15, 0.2) is 48.2 Å². The summed E-state index contributed by atoms with van der Waals surface area (Å²) in [4.78, 5) is 27.5. The summed E-state index contributed by atoms with van der Waals surface area (Å²) in [7, 11) is 3.08. The zero-order valence-electron chi connectivity index (χ0n) is 17.4. The number of carbonyl (C=O) groups excluding carboxylic acids is 2. The number of carbonyl (C=O) groups is 2. The molecular weight excluding hydrogens is 368 g/mol. The number of imide groups is 1. The van der Waals surface area contributed by atoms with Crippen molar-refractivity contribution in [3.8, 4) is 11.5 Å². The maximum Gasteiger partial charge on any atom is 0.278 e. The molecule has 0 unspecified atom stereocenters. The first-order valence-corrected chi connectivity index (χ1v) is 9.61. The number of ether oxygens (including phenoxy) is 2. The number of hydrogen-bond acceptors (Lipinski definition) is 5. The van der Waals surface area contributed by atoms with Gasteiger partial charge in [-0.25, -0.2) is 0 Å². The SMILES string of the molecule is CCc1ccc(NC2=C(c3ccc(OC)c(OC)c3)C(=O)N(C(C)C)C2=O)cc1. The number of methoxy groups -OCH3 is 2. The fraction of sp³-hybridized carbons (Fsp3) is 0.304. The Balaban J connectivity index is 2.10. The highest BCUT2D eigenvalue weighted by Crippen LogP contribution is 2.36. The van der Waals surface area contributed by atoms with Crippen molar-refractivity contribution >= 4 is 23.1 Å². The molecule has 2 amide bonds. The molecule has 0 aromatic heterocycles. The minimum Gasteiger partial charge on any atom is -0.493 e. The molecule has 0 saturated carbocycles. The van der Waals surface area contributed by atoms with E-state index in [1.54, 1.807) is 25.3 Å². The van der Waals surface area contributed by atoms with Crippen LogP contribution in [0.5, 0.6) is 11.5 Å². The number of hydrogen-bond donors (Lipinski definition) is 1. The van der Waals surface area contributed by atoms with Crippen LogP contribution in [0.2, 0.25) is 0 Å². The summed E-state index contributed by atoms with van der Waals surface area (Å²) in [5.74, 6) is 0.380. The number of benzene rings is 2.